The first-order valence-electron chi connectivity index (χ1n) is 7.21. The van der Waals surface area contributed by atoms with E-state index in [9.17, 15) is 4.79 Å². The standard InChI is InChI=1S/C14H24ClNO2/c1-2-13-12(6-7-18-13)14(17)16-9-11-5-3-4-10(11)8-15/h10-13H,2-9H2,1H3,(H,16,17). The van der Waals surface area contributed by atoms with E-state index in [1.54, 1.807) is 0 Å². The second-order valence-electron chi connectivity index (χ2n) is 5.56. The van der Waals surface area contributed by atoms with Crippen molar-refractivity contribution in [3.63, 3.8) is 0 Å². The van der Waals surface area contributed by atoms with Crippen LogP contribution in [0.3, 0.4) is 0 Å². The molecule has 4 heteroatoms. The van der Waals surface area contributed by atoms with Gasteiger partial charge in [0.2, 0.25) is 5.91 Å². The molecule has 104 valence electrons. The Bertz CT molecular complexity index is 285. The van der Waals surface area contributed by atoms with Gasteiger partial charge < -0.3 is 10.1 Å². The number of hydrogen-bond acceptors (Lipinski definition) is 2. The predicted molar refractivity (Wildman–Crippen MR) is 72.7 cm³/mol. The molecule has 1 saturated heterocycles. The molecule has 2 fully saturated rings. The van der Waals surface area contributed by atoms with Crippen LogP contribution in [0.1, 0.15) is 39.0 Å². The van der Waals surface area contributed by atoms with Crippen molar-refractivity contribution in [1.29, 1.82) is 0 Å². The maximum atomic E-state index is 12.1. The van der Waals surface area contributed by atoms with Crippen molar-refractivity contribution in [2.45, 2.75) is 45.1 Å². The van der Waals surface area contributed by atoms with E-state index in [1.807, 2.05) is 0 Å². The Kier molecular flexibility index (Phi) is 5.31. The number of hydrogen-bond donors (Lipinski definition) is 1. The normalized spacial score (nSPS) is 35.9. The first kappa shape index (κ1) is 14.1. The van der Waals surface area contributed by atoms with E-state index >= 15 is 0 Å². The molecule has 0 spiro atoms. The Morgan fingerprint density at radius 3 is 2.83 bits per heavy atom. The molecule has 1 heterocycles. The number of carbonyl (C=O) groups is 1. The average molecular weight is 274 g/mol. The van der Waals surface area contributed by atoms with Gasteiger partial charge in [-0.2, -0.15) is 0 Å². The summed E-state index contributed by atoms with van der Waals surface area (Å²) in [5, 5.41) is 3.12. The molecule has 0 bridgehead atoms. The van der Waals surface area contributed by atoms with Gasteiger partial charge in [0.25, 0.3) is 0 Å². The lowest BCUT2D eigenvalue weighted by Gasteiger charge is -2.21. The number of carbonyl (C=O) groups excluding carboxylic acids is 1. The molecule has 4 unspecified atom stereocenters. The van der Waals surface area contributed by atoms with Crippen molar-refractivity contribution < 1.29 is 9.53 Å². The molecule has 1 aliphatic carbocycles. The third-order valence-corrected chi connectivity index (χ3v) is 4.90. The summed E-state index contributed by atoms with van der Waals surface area (Å²) < 4.78 is 5.57. The van der Waals surface area contributed by atoms with E-state index in [4.69, 9.17) is 16.3 Å². The molecule has 2 aliphatic rings. The smallest absolute Gasteiger partial charge is 0.225 e. The van der Waals surface area contributed by atoms with Crippen molar-refractivity contribution in [3.05, 3.63) is 0 Å². The van der Waals surface area contributed by atoms with Gasteiger partial charge in [-0.25, -0.2) is 0 Å². The zero-order valence-electron chi connectivity index (χ0n) is 11.2. The van der Waals surface area contributed by atoms with Gasteiger partial charge >= 0.3 is 0 Å². The number of rotatable bonds is 5. The van der Waals surface area contributed by atoms with Crippen LogP contribution in [0.4, 0.5) is 0 Å². The maximum absolute atomic E-state index is 12.1. The van der Waals surface area contributed by atoms with Crippen LogP contribution in [0, 0.1) is 17.8 Å². The first-order chi connectivity index (χ1) is 8.76. The lowest BCUT2D eigenvalue weighted by atomic mass is 9.96. The molecule has 4 atom stereocenters. The van der Waals surface area contributed by atoms with Crippen LogP contribution in [0.15, 0.2) is 0 Å². The highest BCUT2D eigenvalue weighted by molar-refractivity contribution is 6.18. The Labute approximate surface area is 115 Å². The molecule has 1 amide bonds. The van der Waals surface area contributed by atoms with Gasteiger partial charge in [0.1, 0.15) is 0 Å². The second-order valence-corrected chi connectivity index (χ2v) is 5.87. The minimum absolute atomic E-state index is 0.0610. The van der Waals surface area contributed by atoms with Gasteiger partial charge in [0, 0.05) is 19.0 Å². The fourth-order valence-electron chi connectivity index (χ4n) is 3.30. The molecule has 1 saturated carbocycles. The highest BCUT2D eigenvalue weighted by Gasteiger charge is 2.33. The van der Waals surface area contributed by atoms with Gasteiger partial charge in [0.05, 0.1) is 12.0 Å². The monoisotopic (exact) mass is 273 g/mol. The summed E-state index contributed by atoms with van der Waals surface area (Å²) in [6.07, 6.45) is 5.59. The number of halogens is 1. The molecular formula is C14H24ClNO2. The van der Waals surface area contributed by atoms with Crippen molar-refractivity contribution in [3.8, 4) is 0 Å². The summed E-state index contributed by atoms with van der Waals surface area (Å²) in [6.45, 7) is 3.60. The zero-order chi connectivity index (χ0) is 13.0. The minimum Gasteiger partial charge on any atom is -0.377 e. The lowest BCUT2D eigenvalue weighted by Crippen LogP contribution is -2.38. The predicted octanol–water partition coefficient (Wildman–Crippen LogP) is 2.57. The van der Waals surface area contributed by atoms with Crippen LogP contribution in [0.5, 0.6) is 0 Å². The van der Waals surface area contributed by atoms with Gasteiger partial charge in [0.15, 0.2) is 0 Å². The Hall–Kier alpha value is -0.280. The van der Waals surface area contributed by atoms with E-state index in [0.717, 1.165) is 31.9 Å². The second kappa shape index (κ2) is 6.76. The number of nitrogens with one attached hydrogen (secondary N) is 1. The molecule has 2 rings (SSSR count). The van der Waals surface area contributed by atoms with Gasteiger partial charge in [-0.1, -0.05) is 13.3 Å². The van der Waals surface area contributed by atoms with E-state index in [1.165, 1.54) is 19.3 Å². The van der Waals surface area contributed by atoms with Crippen molar-refractivity contribution in [1.82, 2.24) is 5.32 Å². The Morgan fingerprint density at radius 1 is 1.33 bits per heavy atom. The SMILES string of the molecule is CCC1OCCC1C(=O)NCC1CCCC1CCl. The molecule has 0 radical (unpaired) electrons. The van der Waals surface area contributed by atoms with Crippen molar-refractivity contribution in [2.24, 2.45) is 17.8 Å². The quantitative estimate of drug-likeness (QED) is 0.782. The van der Waals surface area contributed by atoms with E-state index in [2.05, 4.69) is 12.2 Å². The molecule has 18 heavy (non-hydrogen) atoms. The number of amides is 1. The fourth-order valence-corrected chi connectivity index (χ4v) is 3.71. The van der Waals surface area contributed by atoms with Crippen LogP contribution in [0.2, 0.25) is 0 Å². The highest BCUT2D eigenvalue weighted by Crippen LogP contribution is 2.32. The average Bonchev–Trinajstić information content (AvgIpc) is 3.03. The molecule has 0 aromatic rings. The molecule has 1 aliphatic heterocycles. The molecular weight excluding hydrogens is 250 g/mol. The summed E-state index contributed by atoms with van der Waals surface area (Å²) in [4.78, 5) is 12.1. The Morgan fingerprint density at radius 2 is 2.11 bits per heavy atom. The number of ether oxygens (including phenoxy) is 1. The van der Waals surface area contributed by atoms with Gasteiger partial charge in [-0.05, 0) is 37.5 Å². The molecule has 3 nitrogen and oxygen atoms in total. The zero-order valence-corrected chi connectivity index (χ0v) is 11.9. The Balaban J connectivity index is 1.77. The summed E-state index contributed by atoms with van der Waals surface area (Å²) in [5.41, 5.74) is 0. The highest BCUT2D eigenvalue weighted by atomic mass is 35.5. The van der Waals surface area contributed by atoms with E-state index in [-0.39, 0.29) is 17.9 Å². The topological polar surface area (TPSA) is 38.3 Å². The molecule has 0 aromatic carbocycles. The first-order valence-corrected chi connectivity index (χ1v) is 7.75. The van der Waals surface area contributed by atoms with Crippen LogP contribution in [0.25, 0.3) is 0 Å². The fraction of sp³-hybridized carbons (Fsp3) is 0.929. The lowest BCUT2D eigenvalue weighted by molar-refractivity contribution is -0.126. The third kappa shape index (κ3) is 3.18. The van der Waals surface area contributed by atoms with Gasteiger partial charge in [-0.15, -0.1) is 11.6 Å². The summed E-state index contributed by atoms with van der Waals surface area (Å²) >= 11 is 5.96. The number of alkyl halides is 1. The molecule has 1 N–H and O–H groups in total. The van der Waals surface area contributed by atoms with Gasteiger partial charge in [-0.3, -0.25) is 4.79 Å². The molecule has 0 aromatic heterocycles. The van der Waals surface area contributed by atoms with E-state index in [0.29, 0.717) is 11.8 Å². The van der Waals surface area contributed by atoms with Crippen LogP contribution in [-0.2, 0) is 9.53 Å². The van der Waals surface area contributed by atoms with Crippen molar-refractivity contribution in [2.75, 3.05) is 19.0 Å². The largest absolute Gasteiger partial charge is 0.377 e. The third-order valence-electron chi connectivity index (χ3n) is 4.50. The van der Waals surface area contributed by atoms with Crippen molar-refractivity contribution >= 4 is 17.5 Å². The van der Waals surface area contributed by atoms with Crippen LogP contribution >= 0.6 is 11.6 Å². The summed E-state index contributed by atoms with van der Waals surface area (Å²) in [7, 11) is 0. The summed E-state index contributed by atoms with van der Waals surface area (Å²) in [5.74, 6) is 2.14. The van der Waals surface area contributed by atoms with Crippen LogP contribution < -0.4 is 5.32 Å². The minimum atomic E-state index is 0.0610. The van der Waals surface area contributed by atoms with E-state index < -0.39 is 0 Å². The van der Waals surface area contributed by atoms with Crippen LogP contribution in [-0.4, -0.2) is 31.0 Å². The summed E-state index contributed by atoms with van der Waals surface area (Å²) in [6, 6.07) is 0. The maximum Gasteiger partial charge on any atom is 0.225 e.